The van der Waals surface area contributed by atoms with Crippen LogP contribution in [-0.4, -0.2) is 31.4 Å². The number of halogens is 1. The number of rotatable bonds is 2. The van der Waals surface area contributed by atoms with Crippen molar-refractivity contribution in [1.29, 1.82) is 0 Å². The molecule has 1 saturated heterocycles. The molecule has 0 spiro atoms. The molecular weight excluding hydrogens is 316 g/mol. The number of nitrogens with two attached hydrogens (primary N) is 1. The van der Waals surface area contributed by atoms with Crippen molar-refractivity contribution in [3.63, 3.8) is 0 Å². The molecule has 0 unspecified atom stereocenters. The predicted molar refractivity (Wildman–Crippen MR) is 74.7 cm³/mol. The molecule has 0 aliphatic carbocycles. The van der Waals surface area contributed by atoms with Gasteiger partial charge in [-0.3, -0.25) is 0 Å². The lowest BCUT2D eigenvalue weighted by atomic mass is 10.0. The minimum Gasteiger partial charge on any atom is -0.328 e. The fourth-order valence-electron chi connectivity index (χ4n) is 2.31. The lowest BCUT2D eigenvalue weighted by molar-refractivity contribution is 0.247. The van der Waals surface area contributed by atoms with Crippen molar-refractivity contribution in [2.75, 3.05) is 6.54 Å². The average molecular weight is 333 g/mol. The van der Waals surface area contributed by atoms with Gasteiger partial charge in [-0.2, -0.15) is 4.31 Å². The van der Waals surface area contributed by atoms with E-state index in [0.29, 0.717) is 17.9 Å². The topological polar surface area (TPSA) is 63.4 Å². The Balaban J connectivity index is 2.31. The Hall–Kier alpha value is -0.430. The van der Waals surface area contributed by atoms with E-state index in [-0.39, 0.29) is 12.1 Å². The molecule has 0 saturated carbocycles. The van der Waals surface area contributed by atoms with Crippen molar-refractivity contribution < 1.29 is 8.42 Å². The van der Waals surface area contributed by atoms with Crippen LogP contribution >= 0.6 is 15.9 Å². The zero-order valence-electron chi connectivity index (χ0n) is 10.2. The van der Waals surface area contributed by atoms with E-state index >= 15 is 0 Å². The molecule has 0 radical (unpaired) electrons. The Kier molecular flexibility index (Phi) is 4.11. The van der Waals surface area contributed by atoms with E-state index in [4.69, 9.17) is 5.73 Å². The van der Waals surface area contributed by atoms with Gasteiger partial charge in [0.1, 0.15) is 0 Å². The molecule has 0 bridgehead atoms. The number of benzene rings is 1. The highest BCUT2D eigenvalue weighted by Gasteiger charge is 2.33. The Labute approximate surface area is 116 Å². The first-order valence-electron chi connectivity index (χ1n) is 5.94. The van der Waals surface area contributed by atoms with E-state index in [9.17, 15) is 8.42 Å². The van der Waals surface area contributed by atoms with Crippen molar-refractivity contribution in [3.05, 3.63) is 28.7 Å². The smallest absolute Gasteiger partial charge is 0.243 e. The minimum atomic E-state index is -3.41. The highest BCUT2D eigenvalue weighted by atomic mass is 79.9. The molecule has 1 heterocycles. The molecule has 2 N–H and O–H groups in total. The van der Waals surface area contributed by atoms with Gasteiger partial charge in [-0.05, 0) is 38.0 Å². The SMILES string of the molecule is C[C@H]1C[C@H](N)CCN1S(=O)(=O)c1cccc(Br)c1. The molecule has 1 aliphatic rings. The summed E-state index contributed by atoms with van der Waals surface area (Å²) in [7, 11) is -3.41. The lowest BCUT2D eigenvalue weighted by Gasteiger charge is -2.35. The third-order valence-corrected chi connectivity index (χ3v) is 5.76. The summed E-state index contributed by atoms with van der Waals surface area (Å²) in [4.78, 5) is 0.333. The quantitative estimate of drug-likeness (QED) is 0.900. The van der Waals surface area contributed by atoms with Crippen LogP contribution in [0.3, 0.4) is 0 Å². The summed E-state index contributed by atoms with van der Waals surface area (Å²) >= 11 is 3.30. The summed E-state index contributed by atoms with van der Waals surface area (Å²) in [6.07, 6.45) is 1.44. The summed E-state index contributed by atoms with van der Waals surface area (Å²) in [5.41, 5.74) is 5.86. The van der Waals surface area contributed by atoms with Crippen LogP contribution in [0.25, 0.3) is 0 Å². The molecular formula is C12H17BrN2O2S. The van der Waals surface area contributed by atoms with Crippen LogP contribution in [0.1, 0.15) is 19.8 Å². The number of piperidine rings is 1. The third kappa shape index (κ3) is 2.77. The van der Waals surface area contributed by atoms with Gasteiger partial charge in [0.05, 0.1) is 4.90 Å². The molecule has 2 rings (SSSR count). The van der Waals surface area contributed by atoms with Crippen LogP contribution in [0.4, 0.5) is 0 Å². The number of hydrogen-bond donors (Lipinski definition) is 1. The Morgan fingerprint density at radius 2 is 2.17 bits per heavy atom. The van der Waals surface area contributed by atoms with Crippen molar-refractivity contribution in [1.82, 2.24) is 4.31 Å². The summed E-state index contributed by atoms with van der Waals surface area (Å²) in [5, 5.41) is 0. The van der Waals surface area contributed by atoms with Crippen molar-refractivity contribution >= 4 is 26.0 Å². The first-order chi connectivity index (χ1) is 8.41. The zero-order valence-corrected chi connectivity index (χ0v) is 12.6. The van der Waals surface area contributed by atoms with Crippen molar-refractivity contribution in [2.45, 2.75) is 36.7 Å². The van der Waals surface area contributed by atoms with Gasteiger partial charge in [-0.15, -0.1) is 0 Å². The van der Waals surface area contributed by atoms with Gasteiger partial charge >= 0.3 is 0 Å². The first-order valence-corrected chi connectivity index (χ1v) is 8.17. The van der Waals surface area contributed by atoms with Crippen molar-refractivity contribution in [3.8, 4) is 0 Å². The Morgan fingerprint density at radius 1 is 1.44 bits per heavy atom. The largest absolute Gasteiger partial charge is 0.328 e. The molecule has 1 fully saturated rings. The molecule has 2 atom stereocenters. The number of sulfonamides is 1. The molecule has 4 nitrogen and oxygen atoms in total. The molecule has 1 aromatic rings. The Morgan fingerprint density at radius 3 is 2.78 bits per heavy atom. The van der Waals surface area contributed by atoms with Crippen LogP contribution in [0, 0.1) is 0 Å². The van der Waals surface area contributed by atoms with Gasteiger partial charge in [0.25, 0.3) is 0 Å². The standard InChI is InChI=1S/C12H17BrN2O2S/c1-9-7-11(14)5-6-15(9)18(16,17)12-4-2-3-10(13)8-12/h2-4,8-9,11H,5-7,14H2,1H3/t9-,11+/m0/s1. The predicted octanol–water partition coefficient (Wildman–Crippen LogP) is 1.95. The first kappa shape index (κ1) is 14.0. The molecule has 1 aromatic carbocycles. The van der Waals surface area contributed by atoms with Gasteiger partial charge in [-0.25, -0.2) is 8.42 Å². The van der Waals surface area contributed by atoms with Crippen LogP contribution in [0.15, 0.2) is 33.6 Å². The number of nitrogens with zero attached hydrogens (tertiary/aromatic N) is 1. The highest BCUT2D eigenvalue weighted by Crippen LogP contribution is 2.26. The molecule has 18 heavy (non-hydrogen) atoms. The second-order valence-corrected chi connectivity index (χ2v) is 7.51. The van der Waals surface area contributed by atoms with Crippen LogP contribution in [0.2, 0.25) is 0 Å². The normalized spacial score (nSPS) is 26.2. The maximum Gasteiger partial charge on any atom is 0.243 e. The molecule has 1 aliphatic heterocycles. The summed E-state index contributed by atoms with van der Waals surface area (Å²) < 4.78 is 27.4. The zero-order chi connectivity index (χ0) is 13.3. The van der Waals surface area contributed by atoms with Gasteiger partial charge in [0.2, 0.25) is 10.0 Å². The fourth-order valence-corrected chi connectivity index (χ4v) is 4.56. The summed E-state index contributed by atoms with van der Waals surface area (Å²) in [6.45, 7) is 2.41. The van der Waals surface area contributed by atoms with Crippen LogP contribution < -0.4 is 5.73 Å². The molecule has 0 amide bonds. The van der Waals surface area contributed by atoms with Crippen LogP contribution in [0.5, 0.6) is 0 Å². The monoisotopic (exact) mass is 332 g/mol. The average Bonchev–Trinajstić information content (AvgIpc) is 2.28. The second kappa shape index (κ2) is 5.28. The molecule has 100 valence electrons. The highest BCUT2D eigenvalue weighted by molar-refractivity contribution is 9.10. The third-order valence-electron chi connectivity index (χ3n) is 3.26. The minimum absolute atomic E-state index is 0.0438. The Bertz CT molecular complexity index is 533. The molecule has 6 heteroatoms. The summed E-state index contributed by atoms with van der Waals surface area (Å²) in [5.74, 6) is 0. The fraction of sp³-hybridized carbons (Fsp3) is 0.500. The lowest BCUT2D eigenvalue weighted by Crippen LogP contribution is -2.48. The maximum atomic E-state index is 12.5. The van der Waals surface area contributed by atoms with E-state index < -0.39 is 10.0 Å². The van der Waals surface area contributed by atoms with Crippen molar-refractivity contribution in [2.24, 2.45) is 5.73 Å². The molecule has 0 aromatic heterocycles. The van der Waals surface area contributed by atoms with E-state index in [2.05, 4.69) is 15.9 Å². The van der Waals surface area contributed by atoms with E-state index in [1.54, 1.807) is 22.5 Å². The van der Waals surface area contributed by atoms with Gasteiger partial charge < -0.3 is 5.73 Å². The van der Waals surface area contributed by atoms with Crippen LogP contribution in [-0.2, 0) is 10.0 Å². The maximum absolute atomic E-state index is 12.5. The van der Waals surface area contributed by atoms with E-state index in [0.717, 1.165) is 10.9 Å². The summed E-state index contributed by atoms with van der Waals surface area (Å²) in [6, 6.07) is 6.87. The van der Waals surface area contributed by atoms with Gasteiger partial charge in [0, 0.05) is 23.1 Å². The number of hydrogen-bond acceptors (Lipinski definition) is 3. The van der Waals surface area contributed by atoms with E-state index in [1.165, 1.54) is 0 Å². The van der Waals surface area contributed by atoms with Gasteiger partial charge in [-0.1, -0.05) is 22.0 Å². The second-order valence-electron chi connectivity index (χ2n) is 4.71. The van der Waals surface area contributed by atoms with E-state index in [1.807, 2.05) is 13.0 Å². The van der Waals surface area contributed by atoms with Gasteiger partial charge in [0.15, 0.2) is 0 Å².